The van der Waals surface area contributed by atoms with Gasteiger partial charge in [-0.2, -0.15) is 0 Å². The second-order valence-corrected chi connectivity index (χ2v) is 8.73. The van der Waals surface area contributed by atoms with Gasteiger partial charge in [0.05, 0.1) is 11.4 Å². The van der Waals surface area contributed by atoms with Crippen LogP contribution in [-0.2, 0) is 0 Å². The molecular formula is C22H34N3. The Hall–Kier alpha value is -1.22. The van der Waals surface area contributed by atoms with E-state index in [1.165, 1.54) is 62.7 Å². The molecule has 3 heteroatoms. The molecular weight excluding hydrogens is 306 g/mol. The van der Waals surface area contributed by atoms with Crippen molar-refractivity contribution < 1.29 is 0 Å². The lowest BCUT2D eigenvalue weighted by molar-refractivity contribution is 0.214. The maximum Gasteiger partial charge on any atom is 0.139 e. The molecule has 0 unspecified atom stereocenters. The summed E-state index contributed by atoms with van der Waals surface area (Å²) in [7, 11) is 0. The quantitative estimate of drug-likeness (QED) is 0.793. The molecule has 0 bridgehead atoms. The molecule has 1 aliphatic heterocycles. The van der Waals surface area contributed by atoms with E-state index in [1.807, 2.05) is 0 Å². The maximum atomic E-state index is 4.00. The molecule has 4 rings (SSSR count). The molecule has 1 heterocycles. The van der Waals surface area contributed by atoms with Crippen LogP contribution in [0.1, 0.15) is 65.2 Å². The largest absolute Gasteiger partial charge is 0.360 e. The highest BCUT2D eigenvalue weighted by molar-refractivity contribution is 5.77. The van der Waals surface area contributed by atoms with E-state index in [-0.39, 0.29) is 0 Å². The Morgan fingerprint density at radius 2 is 1.56 bits per heavy atom. The van der Waals surface area contributed by atoms with E-state index >= 15 is 0 Å². The first-order valence-corrected chi connectivity index (χ1v) is 10.4. The van der Waals surface area contributed by atoms with Crippen molar-refractivity contribution in [3.63, 3.8) is 0 Å². The predicted molar refractivity (Wildman–Crippen MR) is 107 cm³/mol. The zero-order valence-electron chi connectivity index (χ0n) is 15.9. The van der Waals surface area contributed by atoms with Crippen molar-refractivity contribution >= 4 is 11.4 Å². The normalized spacial score (nSPS) is 32.5. The van der Waals surface area contributed by atoms with Crippen LogP contribution in [0.4, 0.5) is 11.4 Å². The summed E-state index contributed by atoms with van der Waals surface area (Å²) in [5.41, 5.74) is 2.61. The lowest BCUT2D eigenvalue weighted by atomic mass is 9.79. The molecule has 2 aliphatic carbocycles. The number of nitrogens with one attached hydrogen (secondary N) is 2. The Morgan fingerprint density at radius 3 is 2.24 bits per heavy atom. The highest BCUT2D eigenvalue weighted by Crippen LogP contribution is 2.38. The van der Waals surface area contributed by atoms with Gasteiger partial charge in [0.15, 0.2) is 0 Å². The Labute approximate surface area is 153 Å². The highest BCUT2D eigenvalue weighted by Gasteiger charge is 2.31. The second kappa shape index (κ2) is 7.57. The highest BCUT2D eigenvalue weighted by atomic mass is 15.3. The van der Waals surface area contributed by atoms with Crippen LogP contribution in [0, 0.1) is 18.5 Å². The van der Waals surface area contributed by atoms with Crippen LogP contribution < -0.4 is 15.5 Å². The van der Waals surface area contributed by atoms with Crippen molar-refractivity contribution in [3.05, 3.63) is 30.9 Å². The van der Waals surface area contributed by atoms with E-state index in [9.17, 15) is 0 Å². The molecule has 1 aromatic rings. The van der Waals surface area contributed by atoms with E-state index < -0.39 is 0 Å². The van der Waals surface area contributed by atoms with Crippen LogP contribution in [-0.4, -0.2) is 18.1 Å². The third-order valence-corrected chi connectivity index (χ3v) is 6.82. The summed E-state index contributed by atoms with van der Waals surface area (Å²) in [5, 5.41) is 7.43. The van der Waals surface area contributed by atoms with Gasteiger partial charge < -0.3 is 15.5 Å². The van der Waals surface area contributed by atoms with Gasteiger partial charge in [-0.3, -0.25) is 0 Å². The summed E-state index contributed by atoms with van der Waals surface area (Å²) >= 11 is 0. The van der Waals surface area contributed by atoms with Crippen LogP contribution in [0.15, 0.2) is 24.3 Å². The van der Waals surface area contributed by atoms with E-state index in [2.05, 4.69) is 60.3 Å². The monoisotopic (exact) mass is 340 g/mol. The number of hydrogen-bond donors (Lipinski definition) is 2. The molecule has 3 nitrogen and oxygen atoms in total. The first-order valence-electron chi connectivity index (χ1n) is 10.4. The summed E-state index contributed by atoms with van der Waals surface area (Å²) in [5.74, 6) is 1.83. The second-order valence-electron chi connectivity index (χ2n) is 8.73. The Morgan fingerprint density at radius 1 is 0.920 bits per heavy atom. The van der Waals surface area contributed by atoms with Crippen LogP contribution in [0.2, 0.25) is 0 Å². The average Bonchev–Trinajstić information content (AvgIpc) is 3.07. The van der Waals surface area contributed by atoms with E-state index in [1.54, 1.807) is 0 Å². The van der Waals surface area contributed by atoms with Gasteiger partial charge in [0.25, 0.3) is 0 Å². The maximum absolute atomic E-state index is 4.00. The van der Waals surface area contributed by atoms with Crippen molar-refractivity contribution in [2.24, 2.45) is 11.8 Å². The fourth-order valence-electron chi connectivity index (χ4n) is 5.14. The third-order valence-electron chi connectivity index (χ3n) is 6.82. The lowest BCUT2D eigenvalue weighted by Crippen LogP contribution is -2.45. The third kappa shape index (κ3) is 3.81. The van der Waals surface area contributed by atoms with Gasteiger partial charge in [0.1, 0.15) is 6.67 Å². The van der Waals surface area contributed by atoms with E-state index in [0.29, 0.717) is 6.04 Å². The van der Waals surface area contributed by atoms with Crippen LogP contribution in [0.25, 0.3) is 0 Å². The molecule has 3 aliphatic rings. The van der Waals surface area contributed by atoms with Gasteiger partial charge in [-0.1, -0.05) is 26.0 Å². The first-order chi connectivity index (χ1) is 12.2. The molecule has 137 valence electrons. The molecule has 2 saturated carbocycles. The number of anilines is 2. The fourth-order valence-corrected chi connectivity index (χ4v) is 5.14. The van der Waals surface area contributed by atoms with E-state index in [4.69, 9.17) is 0 Å². The Kier molecular flexibility index (Phi) is 5.21. The Balaban J connectivity index is 1.24. The van der Waals surface area contributed by atoms with E-state index in [0.717, 1.165) is 23.9 Å². The van der Waals surface area contributed by atoms with Crippen LogP contribution in [0.5, 0.6) is 0 Å². The lowest BCUT2D eigenvalue weighted by Gasteiger charge is -2.38. The summed E-state index contributed by atoms with van der Waals surface area (Å²) in [6.07, 6.45) is 10.9. The van der Waals surface area contributed by atoms with Gasteiger partial charge in [0, 0.05) is 18.1 Å². The average molecular weight is 341 g/mol. The fraction of sp³-hybridized carbons (Fsp3) is 0.682. The molecule has 0 spiro atoms. The summed E-state index contributed by atoms with van der Waals surface area (Å²) in [6.45, 7) is 6.96. The van der Waals surface area contributed by atoms with Crippen LogP contribution in [0.3, 0.4) is 0 Å². The molecule has 0 aromatic heterocycles. The molecule has 0 atom stereocenters. The Bertz CT molecular complexity index is 554. The van der Waals surface area contributed by atoms with Gasteiger partial charge in [-0.05, 0) is 75.3 Å². The van der Waals surface area contributed by atoms with Crippen molar-refractivity contribution in [3.8, 4) is 0 Å². The minimum atomic E-state index is 0.658. The number of fused-ring (bicyclic) bond motifs is 1. The number of nitrogens with zero attached hydrogens (tertiary/aromatic N) is 1. The number of para-hydroxylation sites is 2. The molecule has 25 heavy (non-hydrogen) atoms. The summed E-state index contributed by atoms with van der Waals surface area (Å²) < 4.78 is 0. The SMILES string of the molecule is CC(C)C1CCC(NC2CCC(N3[CH]Nc4ccccc43)CC2)CC1. The smallest absolute Gasteiger partial charge is 0.139 e. The van der Waals surface area contributed by atoms with Gasteiger partial charge in [-0.25, -0.2) is 0 Å². The number of benzene rings is 1. The minimum absolute atomic E-state index is 0.658. The molecule has 0 amide bonds. The van der Waals surface area contributed by atoms with Crippen molar-refractivity contribution in [2.75, 3.05) is 10.2 Å². The molecule has 0 saturated heterocycles. The first kappa shape index (κ1) is 17.2. The zero-order chi connectivity index (χ0) is 17.2. The zero-order valence-corrected chi connectivity index (χ0v) is 15.9. The molecule has 1 radical (unpaired) electrons. The minimum Gasteiger partial charge on any atom is -0.360 e. The van der Waals surface area contributed by atoms with Gasteiger partial charge >= 0.3 is 0 Å². The van der Waals surface area contributed by atoms with Gasteiger partial charge in [0.2, 0.25) is 0 Å². The van der Waals surface area contributed by atoms with Crippen LogP contribution >= 0.6 is 0 Å². The number of rotatable bonds is 4. The van der Waals surface area contributed by atoms with Gasteiger partial charge in [-0.15, -0.1) is 0 Å². The summed E-state index contributed by atoms with van der Waals surface area (Å²) in [4.78, 5) is 2.47. The number of hydrogen-bond acceptors (Lipinski definition) is 3. The molecule has 2 fully saturated rings. The van der Waals surface area contributed by atoms with Crippen molar-refractivity contribution in [1.29, 1.82) is 0 Å². The standard InChI is InChI=1S/C22H34N3/c1-16(2)17-7-9-18(10-8-17)24-19-11-13-20(14-12-19)25-15-23-21-5-3-4-6-22(21)25/h3-6,15-20,23-24H,7-14H2,1-2H3. The van der Waals surface area contributed by atoms with Crippen molar-refractivity contribution in [1.82, 2.24) is 5.32 Å². The topological polar surface area (TPSA) is 27.3 Å². The predicted octanol–water partition coefficient (Wildman–Crippen LogP) is 5.15. The van der Waals surface area contributed by atoms with Crippen molar-refractivity contribution in [2.45, 2.75) is 83.3 Å². The molecule has 1 aromatic carbocycles. The molecule has 2 N–H and O–H groups in total. The summed E-state index contributed by atoms with van der Waals surface area (Å²) in [6, 6.07) is 10.8.